The molecule has 0 saturated carbocycles. The van der Waals surface area contributed by atoms with Crippen LogP contribution in [0.4, 0.5) is 0 Å². The van der Waals surface area contributed by atoms with E-state index in [1.807, 2.05) is 0 Å². The Morgan fingerprint density at radius 3 is 1.47 bits per heavy atom. The van der Waals surface area contributed by atoms with Crippen LogP contribution >= 0.6 is 0 Å². The lowest BCUT2D eigenvalue weighted by Crippen LogP contribution is -2.71. The van der Waals surface area contributed by atoms with Gasteiger partial charge in [0.25, 0.3) is 0 Å². The number of hydrogen-bond donors (Lipinski definition) is 6. The molecular weight excluding hydrogens is 198 g/mol. The van der Waals surface area contributed by atoms with Crippen molar-refractivity contribution in [2.24, 2.45) is 5.92 Å². The van der Waals surface area contributed by atoms with Gasteiger partial charge in [-0.05, 0) is 20.8 Å². The summed E-state index contributed by atoms with van der Waals surface area (Å²) in [6.07, 6.45) is -1.84. The minimum absolute atomic E-state index is 0.258. The van der Waals surface area contributed by atoms with Crippen LogP contribution in [0.1, 0.15) is 20.8 Å². The fraction of sp³-hybridized carbons (Fsp3) is 1.00. The van der Waals surface area contributed by atoms with Gasteiger partial charge in [0, 0.05) is 5.92 Å². The molecule has 6 N–H and O–H groups in total. The van der Waals surface area contributed by atoms with Crippen LogP contribution in [0, 0.1) is 5.92 Å². The largest absolute Gasteiger partial charge is 0.393 e. The third-order valence-electron chi connectivity index (χ3n) is 2.90. The quantitative estimate of drug-likeness (QED) is 0.332. The first-order chi connectivity index (χ1) is 6.95. The third-order valence-corrected chi connectivity index (χ3v) is 2.90. The van der Waals surface area contributed by atoms with Gasteiger partial charge in [-0.25, -0.2) is 10.9 Å². The van der Waals surface area contributed by atoms with E-state index in [0.29, 0.717) is 0 Å². The Hall–Kier alpha value is -0.240. The summed E-state index contributed by atoms with van der Waals surface area (Å²) in [6, 6.07) is -0.600. The van der Waals surface area contributed by atoms with E-state index in [1.165, 1.54) is 0 Å². The Balaban J connectivity index is 2.80. The number of aliphatic hydroxyl groups excluding tert-OH is 3. The Kier molecular flexibility index (Phi) is 4.45. The molecule has 1 saturated heterocycles. The third kappa shape index (κ3) is 2.87. The van der Waals surface area contributed by atoms with E-state index >= 15 is 0 Å². The second-order valence-corrected chi connectivity index (χ2v) is 4.26. The molecule has 0 aromatic rings. The Bertz CT molecular complexity index is 183. The molecule has 6 nitrogen and oxygen atoms in total. The maximum Gasteiger partial charge on any atom is 0.0683 e. The molecule has 5 atom stereocenters. The summed E-state index contributed by atoms with van der Waals surface area (Å²) >= 11 is 0. The fourth-order valence-electron chi connectivity index (χ4n) is 2.11. The van der Waals surface area contributed by atoms with Crippen LogP contribution in [0.2, 0.25) is 0 Å². The smallest absolute Gasteiger partial charge is 0.0683 e. The van der Waals surface area contributed by atoms with Gasteiger partial charge in [0.15, 0.2) is 0 Å². The van der Waals surface area contributed by atoms with E-state index in [-0.39, 0.29) is 18.0 Å². The van der Waals surface area contributed by atoms with Crippen LogP contribution in [0.15, 0.2) is 0 Å². The van der Waals surface area contributed by atoms with Gasteiger partial charge in [0.05, 0.1) is 30.4 Å². The monoisotopic (exact) mass is 219 g/mol. The van der Waals surface area contributed by atoms with Crippen molar-refractivity contribution in [3.8, 4) is 0 Å². The average Bonchev–Trinajstić information content (AvgIpc) is 2.16. The average molecular weight is 219 g/mol. The van der Waals surface area contributed by atoms with E-state index in [9.17, 15) is 15.3 Å². The zero-order valence-electron chi connectivity index (χ0n) is 9.31. The fourth-order valence-corrected chi connectivity index (χ4v) is 2.11. The van der Waals surface area contributed by atoms with Crippen molar-refractivity contribution in [1.82, 2.24) is 16.4 Å². The molecule has 15 heavy (non-hydrogen) atoms. The highest BCUT2D eigenvalue weighted by atomic mass is 16.3. The van der Waals surface area contributed by atoms with Crippen molar-refractivity contribution in [2.75, 3.05) is 0 Å². The summed E-state index contributed by atoms with van der Waals surface area (Å²) in [5.41, 5.74) is 8.41. The standard InChI is InChI=1S/C9H21N3O3/c1-4(13)7-8(5(2)14)10-12-11-9(7)6(3)15/h4-15H,1-3H3. The van der Waals surface area contributed by atoms with E-state index < -0.39 is 18.3 Å². The molecule has 0 spiro atoms. The summed E-state index contributed by atoms with van der Waals surface area (Å²) in [5, 5.41) is 28.8. The van der Waals surface area contributed by atoms with Gasteiger partial charge in [-0.3, -0.25) is 0 Å². The van der Waals surface area contributed by atoms with Crippen molar-refractivity contribution in [1.29, 1.82) is 0 Å². The lowest BCUT2D eigenvalue weighted by Gasteiger charge is -2.43. The summed E-state index contributed by atoms with van der Waals surface area (Å²) < 4.78 is 0. The predicted molar refractivity (Wildman–Crippen MR) is 55.5 cm³/mol. The highest BCUT2D eigenvalue weighted by Crippen LogP contribution is 2.21. The first-order valence-corrected chi connectivity index (χ1v) is 5.25. The van der Waals surface area contributed by atoms with E-state index in [0.717, 1.165) is 0 Å². The molecule has 5 unspecified atom stereocenters. The van der Waals surface area contributed by atoms with E-state index in [4.69, 9.17) is 0 Å². The van der Waals surface area contributed by atoms with Gasteiger partial charge >= 0.3 is 0 Å². The van der Waals surface area contributed by atoms with Crippen molar-refractivity contribution in [2.45, 2.75) is 51.2 Å². The van der Waals surface area contributed by atoms with Crippen LogP contribution in [-0.4, -0.2) is 45.7 Å². The molecule has 1 aliphatic heterocycles. The van der Waals surface area contributed by atoms with E-state index in [2.05, 4.69) is 16.4 Å². The van der Waals surface area contributed by atoms with Gasteiger partial charge in [0.1, 0.15) is 0 Å². The van der Waals surface area contributed by atoms with Crippen molar-refractivity contribution in [3.63, 3.8) is 0 Å². The first kappa shape index (κ1) is 12.8. The van der Waals surface area contributed by atoms with Gasteiger partial charge in [-0.15, -0.1) is 0 Å². The molecule has 1 rings (SSSR count). The molecule has 6 heteroatoms. The maximum atomic E-state index is 9.69. The van der Waals surface area contributed by atoms with Gasteiger partial charge in [0.2, 0.25) is 0 Å². The molecular formula is C9H21N3O3. The van der Waals surface area contributed by atoms with Crippen LogP contribution in [0.25, 0.3) is 0 Å². The molecule has 1 fully saturated rings. The van der Waals surface area contributed by atoms with Crippen molar-refractivity contribution < 1.29 is 15.3 Å². The molecule has 1 aliphatic rings. The highest BCUT2D eigenvalue weighted by Gasteiger charge is 2.40. The number of nitrogens with one attached hydrogen (secondary N) is 3. The maximum absolute atomic E-state index is 9.69. The Morgan fingerprint density at radius 1 is 0.800 bits per heavy atom. The number of hydrazine groups is 2. The molecule has 0 aromatic heterocycles. The zero-order chi connectivity index (χ0) is 11.6. The van der Waals surface area contributed by atoms with E-state index in [1.54, 1.807) is 20.8 Å². The van der Waals surface area contributed by atoms with Gasteiger partial charge < -0.3 is 15.3 Å². The SMILES string of the molecule is CC(O)C1NNNC(C(C)O)C1C(C)O. The molecule has 90 valence electrons. The Morgan fingerprint density at radius 2 is 1.20 bits per heavy atom. The van der Waals surface area contributed by atoms with Crippen molar-refractivity contribution >= 4 is 0 Å². The highest BCUT2D eigenvalue weighted by molar-refractivity contribution is 4.95. The lowest BCUT2D eigenvalue weighted by atomic mass is 9.82. The molecule has 0 radical (unpaired) electrons. The zero-order valence-corrected chi connectivity index (χ0v) is 9.31. The topological polar surface area (TPSA) is 96.8 Å². The summed E-state index contributed by atoms with van der Waals surface area (Å²) in [7, 11) is 0. The van der Waals surface area contributed by atoms with Gasteiger partial charge in [-0.1, -0.05) is 0 Å². The molecule has 0 bridgehead atoms. The number of hydrogen-bond acceptors (Lipinski definition) is 6. The number of aliphatic hydroxyl groups is 3. The van der Waals surface area contributed by atoms with Crippen LogP contribution < -0.4 is 16.4 Å². The summed E-state index contributed by atoms with van der Waals surface area (Å²) in [5.74, 6) is -0.258. The van der Waals surface area contributed by atoms with Crippen LogP contribution in [0.5, 0.6) is 0 Å². The second-order valence-electron chi connectivity index (χ2n) is 4.26. The minimum Gasteiger partial charge on any atom is -0.393 e. The van der Waals surface area contributed by atoms with Crippen LogP contribution in [0.3, 0.4) is 0 Å². The molecule has 0 aliphatic carbocycles. The lowest BCUT2D eigenvalue weighted by molar-refractivity contribution is -0.0430. The first-order valence-electron chi connectivity index (χ1n) is 5.25. The van der Waals surface area contributed by atoms with Crippen LogP contribution in [-0.2, 0) is 0 Å². The molecule has 0 amide bonds. The minimum atomic E-state index is -0.619. The second kappa shape index (κ2) is 5.20. The Labute approximate surface area is 89.6 Å². The van der Waals surface area contributed by atoms with Crippen molar-refractivity contribution in [3.05, 3.63) is 0 Å². The van der Waals surface area contributed by atoms with Gasteiger partial charge in [-0.2, -0.15) is 5.53 Å². The summed E-state index contributed by atoms with van der Waals surface area (Å²) in [4.78, 5) is 0. The normalized spacial score (nSPS) is 38.4. The number of rotatable bonds is 3. The molecule has 1 heterocycles. The predicted octanol–water partition coefficient (Wildman–Crippen LogP) is -1.91. The molecule has 0 aromatic carbocycles. The summed E-state index contributed by atoms with van der Waals surface area (Å²) in [6.45, 7) is 4.96.